The first-order valence-corrected chi connectivity index (χ1v) is 3.15. The Morgan fingerprint density at radius 1 is 1.55 bits per heavy atom. The molecule has 0 aliphatic rings. The first kappa shape index (κ1) is 7.74. The smallest absolute Gasteiger partial charge is 0.328 e. The number of H-pyrrole nitrogens is 1. The Bertz CT molecular complexity index is 310. The fraction of sp³-hybridized carbons (Fsp3) is 0.333. The zero-order valence-electron chi connectivity index (χ0n) is 5.78. The van der Waals surface area contributed by atoms with Gasteiger partial charge in [0.25, 0.3) is 5.56 Å². The van der Waals surface area contributed by atoms with Gasteiger partial charge in [-0.3, -0.25) is 9.36 Å². The molecule has 11 heavy (non-hydrogen) atoms. The largest absolute Gasteiger partial charge is 0.395 e. The molecule has 5 heteroatoms. The van der Waals surface area contributed by atoms with Crippen LogP contribution in [0, 0.1) is 0 Å². The van der Waals surface area contributed by atoms with Crippen LogP contribution in [0.2, 0.25) is 0 Å². The van der Waals surface area contributed by atoms with Crippen molar-refractivity contribution in [2.45, 2.75) is 6.54 Å². The van der Waals surface area contributed by atoms with Crippen molar-refractivity contribution in [2.75, 3.05) is 6.61 Å². The first-order valence-electron chi connectivity index (χ1n) is 3.15. The molecule has 0 fully saturated rings. The van der Waals surface area contributed by atoms with E-state index in [1.807, 2.05) is 0 Å². The number of rotatable bonds is 2. The minimum absolute atomic E-state index is 0.0367. The van der Waals surface area contributed by atoms with Gasteiger partial charge in [0.15, 0.2) is 0 Å². The minimum atomic E-state index is -0.494. The maximum absolute atomic E-state index is 10.9. The summed E-state index contributed by atoms with van der Waals surface area (Å²) in [6, 6.07) is 1.23. The van der Waals surface area contributed by atoms with Crippen LogP contribution in [0.25, 0.3) is 0 Å². The van der Waals surface area contributed by atoms with Crippen LogP contribution in [0.15, 0.2) is 21.9 Å². The van der Waals surface area contributed by atoms with Crippen LogP contribution in [0.1, 0.15) is 0 Å². The maximum atomic E-state index is 10.9. The fourth-order valence-corrected chi connectivity index (χ4v) is 0.764. The van der Waals surface area contributed by atoms with E-state index in [4.69, 9.17) is 5.11 Å². The summed E-state index contributed by atoms with van der Waals surface area (Å²) >= 11 is 0. The molecule has 0 aliphatic carbocycles. The van der Waals surface area contributed by atoms with Gasteiger partial charge in [0.1, 0.15) is 0 Å². The molecular formula is C6H8N2O3. The summed E-state index contributed by atoms with van der Waals surface area (Å²) in [6.07, 6.45) is 1.28. The van der Waals surface area contributed by atoms with Crippen molar-refractivity contribution in [2.24, 2.45) is 0 Å². The SMILES string of the molecule is O=c1cc[nH]c(=O)n1CCO. The van der Waals surface area contributed by atoms with Crippen molar-refractivity contribution in [3.63, 3.8) is 0 Å². The third kappa shape index (κ3) is 1.56. The van der Waals surface area contributed by atoms with Gasteiger partial charge in [-0.15, -0.1) is 0 Å². The Labute approximate surface area is 61.9 Å². The fourth-order valence-electron chi connectivity index (χ4n) is 0.764. The predicted octanol–water partition coefficient (Wildman–Crippen LogP) is -1.47. The minimum Gasteiger partial charge on any atom is -0.395 e. The van der Waals surface area contributed by atoms with Gasteiger partial charge in [-0.1, -0.05) is 0 Å². The molecule has 1 rings (SSSR count). The normalized spacial score (nSPS) is 9.91. The van der Waals surface area contributed by atoms with Crippen molar-refractivity contribution in [3.05, 3.63) is 33.1 Å². The van der Waals surface area contributed by atoms with Gasteiger partial charge >= 0.3 is 5.69 Å². The molecule has 0 saturated heterocycles. The van der Waals surface area contributed by atoms with E-state index in [9.17, 15) is 9.59 Å². The number of aromatic amines is 1. The van der Waals surface area contributed by atoms with E-state index in [1.54, 1.807) is 0 Å². The average molecular weight is 156 g/mol. The molecule has 0 spiro atoms. The molecule has 0 radical (unpaired) electrons. The third-order valence-corrected chi connectivity index (χ3v) is 1.27. The van der Waals surface area contributed by atoms with E-state index in [0.29, 0.717) is 0 Å². The number of hydrogen-bond acceptors (Lipinski definition) is 3. The third-order valence-electron chi connectivity index (χ3n) is 1.27. The quantitative estimate of drug-likeness (QED) is 0.548. The van der Waals surface area contributed by atoms with Gasteiger partial charge < -0.3 is 10.1 Å². The van der Waals surface area contributed by atoms with E-state index < -0.39 is 11.2 Å². The molecular weight excluding hydrogens is 148 g/mol. The molecule has 1 heterocycles. The lowest BCUT2D eigenvalue weighted by molar-refractivity contribution is 0.271. The number of nitrogens with one attached hydrogen (secondary N) is 1. The topological polar surface area (TPSA) is 75.1 Å². The second-order valence-corrected chi connectivity index (χ2v) is 2.00. The highest BCUT2D eigenvalue weighted by atomic mass is 16.3. The maximum Gasteiger partial charge on any atom is 0.328 e. The molecule has 2 N–H and O–H groups in total. The molecule has 0 bridgehead atoms. The number of nitrogens with zero attached hydrogens (tertiary/aromatic N) is 1. The second kappa shape index (κ2) is 3.16. The number of aliphatic hydroxyl groups is 1. The van der Waals surface area contributed by atoms with Crippen molar-refractivity contribution < 1.29 is 5.11 Å². The summed E-state index contributed by atoms with van der Waals surface area (Å²) in [6.45, 7) is -0.179. The molecule has 0 aliphatic heterocycles. The Balaban J connectivity index is 3.22. The molecule has 5 nitrogen and oxygen atoms in total. The summed E-state index contributed by atoms with van der Waals surface area (Å²) in [5.41, 5.74) is -0.894. The van der Waals surface area contributed by atoms with Gasteiger partial charge in [0, 0.05) is 12.3 Å². The van der Waals surface area contributed by atoms with Gasteiger partial charge in [-0.25, -0.2) is 4.79 Å². The lowest BCUT2D eigenvalue weighted by Gasteiger charge is -1.97. The highest BCUT2D eigenvalue weighted by molar-refractivity contribution is 4.82. The summed E-state index contributed by atoms with van der Waals surface area (Å²) < 4.78 is 0.931. The van der Waals surface area contributed by atoms with Gasteiger partial charge in [0.2, 0.25) is 0 Å². The van der Waals surface area contributed by atoms with E-state index in [2.05, 4.69) is 4.98 Å². The summed E-state index contributed by atoms with van der Waals surface area (Å²) in [5.74, 6) is 0. The molecule has 0 saturated carbocycles. The molecule has 0 aromatic carbocycles. The van der Waals surface area contributed by atoms with Crippen LogP contribution in [0.5, 0.6) is 0 Å². The lowest BCUT2D eigenvalue weighted by atomic mass is 10.6. The predicted molar refractivity (Wildman–Crippen MR) is 38.4 cm³/mol. The van der Waals surface area contributed by atoms with Gasteiger partial charge in [-0.05, 0) is 0 Å². The average Bonchev–Trinajstić information content (AvgIpc) is 1.97. The van der Waals surface area contributed by atoms with E-state index >= 15 is 0 Å². The Kier molecular flexibility index (Phi) is 2.22. The molecule has 0 atom stereocenters. The lowest BCUT2D eigenvalue weighted by Crippen LogP contribution is -2.34. The Morgan fingerprint density at radius 3 is 2.82 bits per heavy atom. The molecule has 0 unspecified atom stereocenters. The highest BCUT2D eigenvalue weighted by Crippen LogP contribution is 1.68. The summed E-state index contributed by atoms with van der Waals surface area (Å²) in [4.78, 5) is 24.0. The Hall–Kier alpha value is -1.36. The van der Waals surface area contributed by atoms with E-state index in [1.165, 1.54) is 12.3 Å². The first-order chi connectivity index (χ1) is 5.25. The van der Waals surface area contributed by atoms with Gasteiger partial charge in [-0.2, -0.15) is 0 Å². The molecule has 0 amide bonds. The zero-order valence-corrected chi connectivity index (χ0v) is 5.78. The van der Waals surface area contributed by atoms with E-state index in [0.717, 1.165) is 4.57 Å². The van der Waals surface area contributed by atoms with Crippen LogP contribution < -0.4 is 11.2 Å². The van der Waals surface area contributed by atoms with Crippen LogP contribution in [0.3, 0.4) is 0 Å². The molecule has 60 valence electrons. The van der Waals surface area contributed by atoms with Crippen molar-refractivity contribution in [3.8, 4) is 0 Å². The summed E-state index contributed by atoms with van der Waals surface area (Å²) in [5, 5.41) is 8.46. The van der Waals surface area contributed by atoms with Crippen molar-refractivity contribution in [1.29, 1.82) is 0 Å². The standard InChI is InChI=1S/C6H8N2O3/c9-4-3-8-5(10)1-2-7-6(8)11/h1-2,9H,3-4H2,(H,7,11). The van der Waals surface area contributed by atoms with Crippen molar-refractivity contribution >= 4 is 0 Å². The van der Waals surface area contributed by atoms with Crippen molar-refractivity contribution in [1.82, 2.24) is 9.55 Å². The van der Waals surface area contributed by atoms with Gasteiger partial charge in [0.05, 0.1) is 13.2 Å². The van der Waals surface area contributed by atoms with Crippen LogP contribution >= 0.6 is 0 Å². The Morgan fingerprint density at radius 2 is 2.27 bits per heavy atom. The van der Waals surface area contributed by atoms with Crippen LogP contribution in [-0.2, 0) is 6.54 Å². The van der Waals surface area contributed by atoms with Crippen LogP contribution in [0.4, 0.5) is 0 Å². The summed E-state index contributed by atoms with van der Waals surface area (Å²) in [7, 11) is 0. The number of aliphatic hydroxyl groups excluding tert-OH is 1. The van der Waals surface area contributed by atoms with Crippen LogP contribution in [-0.4, -0.2) is 21.3 Å². The number of aromatic nitrogens is 2. The molecule has 1 aromatic heterocycles. The highest BCUT2D eigenvalue weighted by Gasteiger charge is 1.96. The monoisotopic (exact) mass is 156 g/mol. The molecule has 1 aromatic rings. The van der Waals surface area contributed by atoms with E-state index in [-0.39, 0.29) is 13.2 Å². The second-order valence-electron chi connectivity index (χ2n) is 2.00. The number of hydrogen-bond donors (Lipinski definition) is 2. The zero-order chi connectivity index (χ0) is 8.27.